The van der Waals surface area contributed by atoms with Gasteiger partial charge in [0.1, 0.15) is 12.1 Å². The predicted molar refractivity (Wildman–Crippen MR) is 105 cm³/mol. The van der Waals surface area contributed by atoms with Crippen LogP contribution in [0, 0.1) is 0 Å². The van der Waals surface area contributed by atoms with Crippen LogP contribution in [0.25, 0.3) is 0 Å². The van der Waals surface area contributed by atoms with E-state index in [4.69, 9.17) is 0 Å². The number of amides is 4. The molecule has 4 amide bonds. The number of carbonyl (C=O) groups excluding carboxylic acids is 4. The first-order chi connectivity index (χ1) is 12.1. The average Bonchev–Trinajstić information content (AvgIpc) is 2.43. The Morgan fingerprint density at radius 1 is 0.667 bits per heavy atom. The Labute approximate surface area is 162 Å². The predicted octanol–water partition coefficient (Wildman–Crippen LogP) is 0.996. The zero-order chi connectivity index (χ0) is 21.4. The van der Waals surface area contributed by atoms with Crippen LogP contribution < -0.4 is 21.3 Å². The van der Waals surface area contributed by atoms with Crippen molar-refractivity contribution in [3.8, 4) is 0 Å². The third-order valence-electron chi connectivity index (χ3n) is 3.35. The SMILES string of the molecule is CC(NC(=O)CCCC(=O)NC(C)C(=O)NC(C)(C)C)C(=O)NC(C)(C)C. The van der Waals surface area contributed by atoms with Crippen LogP contribution in [0.2, 0.25) is 0 Å². The van der Waals surface area contributed by atoms with Crippen LogP contribution in [-0.2, 0) is 19.2 Å². The van der Waals surface area contributed by atoms with Crippen molar-refractivity contribution in [1.29, 1.82) is 0 Å². The van der Waals surface area contributed by atoms with Crippen molar-refractivity contribution in [1.82, 2.24) is 21.3 Å². The fourth-order valence-corrected chi connectivity index (χ4v) is 2.12. The maximum absolute atomic E-state index is 11.9. The number of carbonyl (C=O) groups is 4. The Bertz CT molecular complexity index is 499. The first-order valence-corrected chi connectivity index (χ1v) is 9.33. The number of nitrogens with one attached hydrogen (secondary N) is 4. The maximum Gasteiger partial charge on any atom is 0.242 e. The Kier molecular flexibility index (Phi) is 9.47. The van der Waals surface area contributed by atoms with Gasteiger partial charge in [0.25, 0.3) is 0 Å². The summed E-state index contributed by atoms with van der Waals surface area (Å²) in [4.78, 5) is 47.7. The molecule has 8 nitrogen and oxygen atoms in total. The zero-order valence-corrected chi connectivity index (χ0v) is 17.9. The minimum absolute atomic E-state index is 0.128. The molecule has 8 heteroatoms. The molecule has 0 saturated carbocycles. The van der Waals surface area contributed by atoms with Crippen molar-refractivity contribution >= 4 is 23.6 Å². The summed E-state index contributed by atoms with van der Waals surface area (Å²) in [6, 6.07) is -1.29. The highest BCUT2D eigenvalue weighted by atomic mass is 16.2. The largest absolute Gasteiger partial charge is 0.350 e. The molecule has 156 valence electrons. The van der Waals surface area contributed by atoms with E-state index in [1.807, 2.05) is 41.5 Å². The lowest BCUT2D eigenvalue weighted by Gasteiger charge is -2.24. The Hall–Kier alpha value is -2.12. The summed E-state index contributed by atoms with van der Waals surface area (Å²) in [7, 11) is 0. The van der Waals surface area contributed by atoms with E-state index in [0.29, 0.717) is 6.42 Å². The van der Waals surface area contributed by atoms with Crippen molar-refractivity contribution in [3.63, 3.8) is 0 Å². The van der Waals surface area contributed by atoms with E-state index in [2.05, 4.69) is 21.3 Å². The standard InChI is InChI=1S/C19H36N4O4/c1-12(16(26)22-18(3,4)5)20-14(24)10-9-11-15(25)21-13(2)17(27)23-19(6,7)8/h12-13H,9-11H2,1-8H3,(H,20,24)(H,21,25)(H,22,26)(H,23,27). The molecular formula is C19H36N4O4. The van der Waals surface area contributed by atoms with Gasteiger partial charge in [0.15, 0.2) is 0 Å². The van der Waals surface area contributed by atoms with Crippen molar-refractivity contribution in [2.75, 3.05) is 0 Å². The molecule has 0 aromatic rings. The van der Waals surface area contributed by atoms with Gasteiger partial charge < -0.3 is 21.3 Å². The minimum atomic E-state index is -0.647. The van der Waals surface area contributed by atoms with Crippen molar-refractivity contribution in [3.05, 3.63) is 0 Å². The van der Waals surface area contributed by atoms with Gasteiger partial charge in [-0.2, -0.15) is 0 Å². The van der Waals surface area contributed by atoms with Gasteiger partial charge in [0, 0.05) is 23.9 Å². The van der Waals surface area contributed by atoms with E-state index in [0.717, 1.165) is 0 Å². The summed E-state index contributed by atoms with van der Waals surface area (Å²) >= 11 is 0. The van der Waals surface area contributed by atoms with Gasteiger partial charge in [-0.1, -0.05) is 0 Å². The fraction of sp³-hybridized carbons (Fsp3) is 0.789. The molecule has 2 unspecified atom stereocenters. The maximum atomic E-state index is 11.9. The van der Waals surface area contributed by atoms with Crippen molar-refractivity contribution in [2.45, 2.75) is 97.8 Å². The van der Waals surface area contributed by atoms with E-state index in [1.165, 1.54) is 0 Å². The highest BCUT2D eigenvalue weighted by Gasteiger charge is 2.22. The molecule has 2 atom stereocenters. The first-order valence-electron chi connectivity index (χ1n) is 9.33. The molecule has 0 aliphatic rings. The molecule has 0 saturated heterocycles. The molecule has 27 heavy (non-hydrogen) atoms. The normalized spacial score (nSPS) is 13.9. The third kappa shape index (κ3) is 12.8. The molecule has 0 aliphatic carbocycles. The lowest BCUT2D eigenvalue weighted by atomic mass is 10.1. The number of hydrogen-bond acceptors (Lipinski definition) is 4. The molecule has 4 N–H and O–H groups in total. The smallest absolute Gasteiger partial charge is 0.242 e. The van der Waals surface area contributed by atoms with E-state index in [1.54, 1.807) is 13.8 Å². The molecule has 0 aliphatic heterocycles. The van der Waals surface area contributed by atoms with Crippen molar-refractivity contribution < 1.29 is 19.2 Å². The first kappa shape index (κ1) is 24.9. The van der Waals surface area contributed by atoms with Crippen LogP contribution >= 0.6 is 0 Å². The second-order valence-corrected chi connectivity index (χ2v) is 8.91. The van der Waals surface area contributed by atoms with Gasteiger partial charge in [-0.25, -0.2) is 0 Å². The average molecular weight is 385 g/mol. The summed E-state index contributed by atoms with van der Waals surface area (Å²) in [5.41, 5.74) is -0.742. The molecule has 0 heterocycles. The summed E-state index contributed by atoms with van der Waals surface area (Å²) in [5, 5.41) is 10.8. The van der Waals surface area contributed by atoms with Gasteiger partial charge in [-0.15, -0.1) is 0 Å². The Morgan fingerprint density at radius 2 is 0.963 bits per heavy atom. The van der Waals surface area contributed by atoms with Gasteiger partial charge in [0.2, 0.25) is 23.6 Å². The molecule has 0 fully saturated rings. The second kappa shape index (κ2) is 10.3. The number of hydrogen-bond donors (Lipinski definition) is 4. The molecule has 0 bridgehead atoms. The zero-order valence-electron chi connectivity index (χ0n) is 17.9. The molecule has 0 aromatic heterocycles. The highest BCUT2D eigenvalue weighted by molar-refractivity contribution is 5.89. The van der Waals surface area contributed by atoms with Crippen LogP contribution in [0.15, 0.2) is 0 Å². The van der Waals surface area contributed by atoms with Crippen LogP contribution in [0.5, 0.6) is 0 Å². The van der Waals surface area contributed by atoms with Gasteiger partial charge in [-0.3, -0.25) is 19.2 Å². The quantitative estimate of drug-likeness (QED) is 0.499. The third-order valence-corrected chi connectivity index (χ3v) is 3.35. The Balaban J connectivity index is 4.18. The van der Waals surface area contributed by atoms with Crippen LogP contribution in [-0.4, -0.2) is 46.8 Å². The lowest BCUT2D eigenvalue weighted by molar-refractivity contribution is -0.130. The fourth-order valence-electron chi connectivity index (χ4n) is 2.12. The number of rotatable bonds is 8. The van der Waals surface area contributed by atoms with E-state index < -0.39 is 12.1 Å². The van der Waals surface area contributed by atoms with Crippen LogP contribution in [0.1, 0.15) is 74.7 Å². The minimum Gasteiger partial charge on any atom is -0.350 e. The van der Waals surface area contributed by atoms with Crippen LogP contribution in [0.3, 0.4) is 0 Å². The van der Waals surface area contributed by atoms with Crippen molar-refractivity contribution in [2.24, 2.45) is 0 Å². The monoisotopic (exact) mass is 384 g/mol. The van der Waals surface area contributed by atoms with Gasteiger partial charge in [0.05, 0.1) is 0 Å². The molecule has 0 radical (unpaired) electrons. The molecule has 0 spiro atoms. The molecule has 0 aromatic carbocycles. The van der Waals surface area contributed by atoms with Crippen LogP contribution in [0.4, 0.5) is 0 Å². The summed E-state index contributed by atoms with van der Waals surface area (Å²) in [6.07, 6.45) is 0.588. The van der Waals surface area contributed by atoms with E-state index >= 15 is 0 Å². The molecular weight excluding hydrogens is 348 g/mol. The molecule has 0 rings (SSSR count). The Morgan fingerprint density at radius 3 is 1.22 bits per heavy atom. The highest BCUT2D eigenvalue weighted by Crippen LogP contribution is 2.02. The lowest BCUT2D eigenvalue weighted by Crippen LogP contribution is -2.51. The van der Waals surface area contributed by atoms with E-state index in [-0.39, 0.29) is 47.5 Å². The topological polar surface area (TPSA) is 116 Å². The van der Waals surface area contributed by atoms with E-state index in [9.17, 15) is 19.2 Å². The summed E-state index contributed by atoms with van der Waals surface area (Å²) < 4.78 is 0. The summed E-state index contributed by atoms with van der Waals surface area (Å²) in [6.45, 7) is 14.4. The van der Waals surface area contributed by atoms with Gasteiger partial charge >= 0.3 is 0 Å². The second-order valence-electron chi connectivity index (χ2n) is 8.91. The van der Waals surface area contributed by atoms with Gasteiger partial charge in [-0.05, 0) is 61.8 Å². The summed E-state index contributed by atoms with van der Waals surface area (Å²) in [5.74, 6) is -1.10.